The molecule has 1 aromatic rings. The molecule has 1 aliphatic rings. The molecule has 1 aromatic carbocycles. The lowest BCUT2D eigenvalue weighted by atomic mass is 10.0. The maximum absolute atomic E-state index is 12.1. The molecule has 19 heavy (non-hydrogen) atoms. The SMILES string of the molecule is CCCC1(CNC(=O)c2cc(N)cc(Cl)c2Cl)CC1. The fourth-order valence-corrected chi connectivity index (χ4v) is 2.78. The van der Waals surface area contributed by atoms with Crippen molar-refractivity contribution in [3.05, 3.63) is 27.7 Å². The Morgan fingerprint density at radius 1 is 1.42 bits per heavy atom. The molecule has 1 saturated carbocycles. The number of hydrogen-bond donors (Lipinski definition) is 2. The van der Waals surface area contributed by atoms with Gasteiger partial charge in [-0.2, -0.15) is 0 Å². The summed E-state index contributed by atoms with van der Waals surface area (Å²) in [5.74, 6) is -0.207. The van der Waals surface area contributed by atoms with Gasteiger partial charge in [0.15, 0.2) is 0 Å². The van der Waals surface area contributed by atoms with E-state index in [-0.39, 0.29) is 10.9 Å². The largest absolute Gasteiger partial charge is 0.399 e. The van der Waals surface area contributed by atoms with Gasteiger partial charge in [0, 0.05) is 12.2 Å². The molecule has 104 valence electrons. The van der Waals surface area contributed by atoms with Crippen LogP contribution in [0.15, 0.2) is 12.1 Å². The van der Waals surface area contributed by atoms with Gasteiger partial charge in [0.05, 0.1) is 15.6 Å². The number of halogens is 2. The summed E-state index contributed by atoms with van der Waals surface area (Å²) in [5, 5.41) is 3.51. The van der Waals surface area contributed by atoms with Gasteiger partial charge in [-0.1, -0.05) is 36.5 Å². The third kappa shape index (κ3) is 3.34. The molecule has 1 amide bonds. The second-order valence-corrected chi connectivity index (χ2v) is 6.08. The zero-order valence-corrected chi connectivity index (χ0v) is 12.4. The standard InChI is InChI=1S/C14H18Cl2N2O/c1-2-3-14(4-5-14)8-18-13(19)10-6-9(17)7-11(15)12(10)16/h6-7H,2-5,8,17H2,1H3,(H,18,19). The summed E-state index contributed by atoms with van der Waals surface area (Å²) in [6.45, 7) is 2.86. The predicted octanol–water partition coefficient (Wildman–Crippen LogP) is 3.89. The molecule has 0 saturated heterocycles. The first kappa shape index (κ1) is 14.5. The van der Waals surface area contributed by atoms with E-state index < -0.39 is 0 Å². The van der Waals surface area contributed by atoms with E-state index >= 15 is 0 Å². The first-order valence-electron chi connectivity index (χ1n) is 6.50. The van der Waals surface area contributed by atoms with E-state index in [0.717, 1.165) is 12.8 Å². The van der Waals surface area contributed by atoms with Crippen molar-refractivity contribution in [3.63, 3.8) is 0 Å². The van der Waals surface area contributed by atoms with Crippen LogP contribution in [-0.4, -0.2) is 12.5 Å². The van der Waals surface area contributed by atoms with E-state index in [4.69, 9.17) is 28.9 Å². The Morgan fingerprint density at radius 3 is 2.68 bits per heavy atom. The lowest BCUT2D eigenvalue weighted by Gasteiger charge is -2.15. The second kappa shape index (κ2) is 5.59. The van der Waals surface area contributed by atoms with Crippen LogP contribution in [0.25, 0.3) is 0 Å². The van der Waals surface area contributed by atoms with Crippen molar-refractivity contribution in [1.29, 1.82) is 0 Å². The molecule has 0 radical (unpaired) electrons. The molecule has 5 heteroatoms. The Labute approximate surface area is 123 Å². The number of benzene rings is 1. The van der Waals surface area contributed by atoms with Crippen molar-refractivity contribution in [2.45, 2.75) is 32.6 Å². The molecule has 0 spiro atoms. The van der Waals surface area contributed by atoms with Gasteiger partial charge >= 0.3 is 0 Å². The minimum Gasteiger partial charge on any atom is -0.399 e. The maximum Gasteiger partial charge on any atom is 0.252 e. The molecule has 3 nitrogen and oxygen atoms in total. The number of nitrogens with two attached hydrogens (primary N) is 1. The van der Waals surface area contributed by atoms with Crippen LogP contribution >= 0.6 is 23.2 Å². The highest BCUT2D eigenvalue weighted by Gasteiger charge is 2.41. The average molecular weight is 301 g/mol. The molecule has 0 bridgehead atoms. The summed E-state index contributed by atoms with van der Waals surface area (Å²) in [7, 11) is 0. The zero-order valence-electron chi connectivity index (χ0n) is 10.9. The smallest absolute Gasteiger partial charge is 0.252 e. The van der Waals surface area contributed by atoms with Gasteiger partial charge in [0.25, 0.3) is 5.91 Å². The van der Waals surface area contributed by atoms with Gasteiger partial charge in [-0.25, -0.2) is 0 Å². The molecule has 0 aromatic heterocycles. The van der Waals surface area contributed by atoms with Crippen molar-refractivity contribution in [3.8, 4) is 0 Å². The van der Waals surface area contributed by atoms with Crippen LogP contribution in [0.5, 0.6) is 0 Å². The molecule has 1 fully saturated rings. The first-order chi connectivity index (χ1) is 8.97. The molecule has 3 N–H and O–H groups in total. The molecule has 0 heterocycles. The number of carbonyl (C=O) groups excluding carboxylic acids is 1. The van der Waals surface area contributed by atoms with Crippen molar-refractivity contribution in [1.82, 2.24) is 5.32 Å². The first-order valence-corrected chi connectivity index (χ1v) is 7.26. The fourth-order valence-electron chi connectivity index (χ4n) is 2.36. The Morgan fingerprint density at radius 2 is 2.11 bits per heavy atom. The minimum atomic E-state index is -0.207. The van der Waals surface area contributed by atoms with Gasteiger partial charge in [-0.05, 0) is 36.8 Å². The summed E-state index contributed by atoms with van der Waals surface area (Å²) in [5.41, 5.74) is 6.78. The van der Waals surface area contributed by atoms with Crippen LogP contribution in [0.1, 0.15) is 43.0 Å². The molecule has 1 aliphatic carbocycles. The Balaban J connectivity index is 2.04. The number of rotatable bonds is 5. The molecule has 0 aliphatic heterocycles. The van der Waals surface area contributed by atoms with Gasteiger partial charge in [-0.3, -0.25) is 4.79 Å². The van der Waals surface area contributed by atoms with Gasteiger partial charge in [0.2, 0.25) is 0 Å². The Bertz CT molecular complexity index is 498. The Kier molecular flexibility index (Phi) is 4.26. The normalized spacial score (nSPS) is 16.2. The van der Waals surface area contributed by atoms with Crippen molar-refractivity contribution < 1.29 is 4.79 Å². The maximum atomic E-state index is 12.1. The van der Waals surface area contributed by atoms with E-state index in [0.29, 0.717) is 28.2 Å². The summed E-state index contributed by atoms with van der Waals surface area (Å²) in [6.07, 6.45) is 4.67. The average Bonchev–Trinajstić information content (AvgIpc) is 3.12. The van der Waals surface area contributed by atoms with E-state index in [2.05, 4.69) is 12.2 Å². The molecule has 0 unspecified atom stereocenters. The summed E-state index contributed by atoms with van der Waals surface area (Å²) in [4.78, 5) is 12.1. The van der Waals surface area contributed by atoms with Gasteiger partial charge < -0.3 is 11.1 Å². The number of anilines is 1. The van der Waals surface area contributed by atoms with Gasteiger partial charge in [0.1, 0.15) is 0 Å². The van der Waals surface area contributed by atoms with Crippen LogP contribution in [0, 0.1) is 5.41 Å². The zero-order chi connectivity index (χ0) is 14.0. The van der Waals surface area contributed by atoms with E-state index in [1.807, 2.05) is 0 Å². The van der Waals surface area contributed by atoms with Gasteiger partial charge in [-0.15, -0.1) is 0 Å². The fraction of sp³-hybridized carbons (Fsp3) is 0.500. The monoisotopic (exact) mass is 300 g/mol. The second-order valence-electron chi connectivity index (χ2n) is 5.30. The summed E-state index contributed by atoms with van der Waals surface area (Å²) in [6, 6.07) is 3.10. The van der Waals surface area contributed by atoms with Crippen LogP contribution in [0.4, 0.5) is 5.69 Å². The highest BCUT2D eigenvalue weighted by atomic mass is 35.5. The lowest BCUT2D eigenvalue weighted by Crippen LogP contribution is -2.30. The topological polar surface area (TPSA) is 55.1 Å². The molecular weight excluding hydrogens is 283 g/mol. The molecular formula is C14H18Cl2N2O. The highest BCUT2D eigenvalue weighted by molar-refractivity contribution is 6.44. The third-order valence-electron chi connectivity index (χ3n) is 3.66. The van der Waals surface area contributed by atoms with Crippen LogP contribution < -0.4 is 11.1 Å². The van der Waals surface area contributed by atoms with Crippen LogP contribution in [-0.2, 0) is 0 Å². The number of hydrogen-bond acceptors (Lipinski definition) is 2. The number of carbonyl (C=O) groups is 1. The predicted molar refractivity (Wildman–Crippen MR) is 79.8 cm³/mol. The highest BCUT2D eigenvalue weighted by Crippen LogP contribution is 2.49. The van der Waals surface area contributed by atoms with E-state index in [9.17, 15) is 4.79 Å². The van der Waals surface area contributed by atoms with Crippen molar-refractivity contribution >= 4 is 34.8 Å². The number of nitrogens with one attached hydrogen (secondary N) is 1. The molecule has 2 rings (SSSR count). The third-order valence-corrected chi connectivity index (χ3v) is 4.46. The quantitative estimate of drug-likeness (QED) is 0.811. The number of amides is 1. The van der Waals surface area contributed by atoms with E-state index in [1.165, 1.54) is 12.8 Å². The van der Waals surface area contributed by atoms with E-state index in [1.54, 1.807) is 12.1 Å². The van der Waals surface area contributed by atoms with Crippen LogP contribution in [0.2, 0.25) is 10.0 Å². The lowest BCUT2D eigenvalue weighted by molar-refractivity contribution is 0.0944. The molecule has 0 atom stereocenters. The summed E-state index contributed by atoms with van der Waals surface area (Å²) < 4.78 is 0. The Hall–Kier alpha value is -0.930. The van der Waals surface area contributed by atoms with Crippen LogP contribution in [0.3, 0.4) is 0 Å². The van der Waals surface area contributed by atoms with Crippen molar-refractivity contribution in [2.24, 2.45) is 5.41 Å². The summed E-state index contributed by atoms with van der Waals surface area (Å²) >= 11 is 12.0. The minimum absolute atomic E-state index is 0.207. The van der Waals surface area contributed by atoms with Crippen molar-refractivity contribution in [2.75, 3.05) is 12.3 Å². The number of nitrogen functional groups attached to an aromatic ring is 1.